The summed E-state index contributed by atoms with van der Waals surface area (Å²) in [6.07, 6.45) is 2.60. The van der Waals surface area contributed by atoms with E-state index in [1.165, 1.54) is 12.3 Å². The first-order valence-electron chi connectivity index (χ1n) is 9.65. The van der Waals surface area contributed by atoms with Gasteiger partial charge in [-0.05, 0) is 51.0 Å². The lowest BCUT2D eigenvalue weighted by Gasteiger charge is -2.32. The summed E-state index contributed by atoms with van der Waals surface area (Å²) in [7, 11) is -4.00. The fraction of sp³-hybridized carbons (Fsp3) is 0.400. The summed E-state index contributed by atoms with van der Waals surface area (Å²) in [6.45, 7) is 5.13. The average molecular weight is 439 g/mol. The number of hydrogen-bond acceptors (Lipinski definition) is 5. The molecular weight excluding hydrogens is 414 g/mol. The number of pyridine rings is 1. The Morgan fingerprint density at radius 2 is 1.83 bits per heavy atom. The van der Waals surface area contributed by atoms with Gasteiger partial charge in [-0.1, -0.05) is 0 Å². The number of sulfonamides is 1. The Morgan fingerprint density at radius 1 is 1.13 bits per heavy atom. The van der Waals surface area contributed by atoms with Crippen LogP contribution in [-0.4, -0.2) is 38.4 Å². The Balaban J connectivity index is 1.63. The van der Waals surface area contributed by atoms with E-state index in [4.69, 9.17) is 0 Å². The normalized spacial score (nSPS) is 15.3. The Bertz CT molecular complexity index is 1010. The molecule has 1 aliphatic heterocycles. The summed E-state index contributed by atoms with van der Waals surface area (Å²) >= 11 is 0. The molecule has 0 radical (unpaired) electrons. The lowest BCUT2D eigenvalue weighted by molar-refractivity contribution is -0.126. The SMILES string of the molecule is CC(C)NC(=O)C1CCN(c2ccc(S(=O)(=O)Nc3ccc(F)c(F)c3)cn2)CC1. The zero-order valence-electron chi connectivity index (χ0n) is 16.7. The van der Waals surface area contributed by atoms with Crippen LogP contribution in [-0.2, 0) is 14.8 Å². The molecule has 0 atom stereocenters. The van der Waals surface area contributed by atoms with Gasteiger partial charge >= 0.3 is 0 Å². The minimum atomic E-state index is -4.00. The predicted octanol–water partition coefficient (Wildman–Crippen LogP) is 2.90. The number of benzene rings is 1. The van der Waals surface area contributed by atoms with Crippen molar-refractivity contribution in [2.24, 2.45) is 5.92 Å². The van der Waals surface area contributed by atoms with Crippen molar-refractivity contribution in [3.63, 3.8) is 0 Å². The van der Waals surface area contributed by atoms with E-state index in [1.54, 1.807) is 6.07 Å². The number of nitrogens with one attached hydrogen (secondary N) is 2. The number of nitrogens with zero attached hydrogens (tertiary/aromatic N) is 2. The average Bonchev–Trinajstić information content (AvgIpc) is 2.70. The number of anilines is 2. The number of aromatic nitrogens is 1. The molecular formula is C20H24F2N4O3S. The summed E-state index contributed by atoms with van der Waals surface area (Å²) in [5.74, 6) is -1.57. The highest BCUT2D eigenvalue weighted by molar-refractivity contribution is 7.92. The molecule has 1 amide bonds. The van der Waals surface area contributed by atoms with Crippen molar-refractivity contribution in [3.8, 4) is 0 Å². The minimum absolute atomic E-state index is 0.0383. The third kappa shape index (κ3) is 5.24. The van der Waals surface area contributed by atoms with Gasteiger partial charge in [0, 0.05) is 37.3 Å². The summed E-state index contributed by atoms with van der Waals surface area (Å²) in [4.78, 5) is 18.3. The van der Waals surface area contributed by atoms with E-state index < -0.39 is 21.7 Å². The highest BCUT2D eigenvalue weighted by Crippen LogP contribution is 2.24. The second-order valence-corrected chi connectivity index (χ2v) is 9.19. The van der Waals surface area contributed by atoms with Crippen molar-refractivity contribution >= 4 is 27.4 Å². The zero-order chi connectivity index (χ0) is 21.9. The molecule has 1 saturated heterocycles. The maximum atomic E-state index is 13.3. The molecule has 7 nitrogen and oxygen atoms in total. The molecule has 1 aromatic heterocycles. The number of hydrogen-bond donors (Lipinski definition) is 2. The van der Waals surface area contributed by atoms with Crippen molar-refractivity contribution in [2.75, 3.05) is 22.7 Å². The molecule has 2 aromatic rings. The highest BCUT2D eigenvalue weighted by atomic mass is 32.2. The quantitative estimate of drug-likeness (QED) is 0.724. The van der Waals surface area contributed by atoms with E-state index >= 15 is 0 Å². The Kier molecular flexibility index (Phi) is 6.55. The van der Waals surface area contributed by atoms with Gasteiger partial charge in [0.1, 0.15) is 10.7 Å². The Labute approximate surface area is 174 Å². The third-order valence-corrected chi connectivity index (χ3v) is 6.19. The molecule has 0 unspecified atom stereocenters. The van der Waals surface area contributed by atoms with Gasteiger partial charge in [0.2, 0.25) is 5.91 Å². The third-order valence-electron chi connectivity index (χ3n) is 4.82. The number of rotatable bonds is 6. The van der Waals surface area contributed by atoms with Crippen molar-refractivity contribution < 1.29 is 22.0 Å². The molecule has 0 aliphatic carbocycles. The molecule has 0 spiro atoms. The van der Waals surface area contributed by atoms with E-state index in [-0.39, 0.29) is 28.4 Å². The van der Waals surface area contributed by atoms with E-state index in [9.17, 15) is 22.0 Å². The number of carbonyl (C=O) groups excluding carboxylic acids is 1. The van der Waals surface area contributed by atoms with Crippen LogP contribution in [0, 0.1) is 17.6 Å². The van der Waals surface area contributed by atoms with Crippen LogP contribution in [0.3, 0.4) is 0 Å². The van der Waals surface area contributed by atoms with E-state index in [2.05, 4.69) is 15.0 Å². The molecule has 0 saturated carbocycles. The van der Waals surface area contributed by atoms with Gasteiger partial charge in [-0.2, -0.15) is 0 Å². The Morgan fingerprint density at radius 3 is 2.40 bits per heavy atom. The van der Waals surface area contributed by atoms with Gasteiger partial charge in [0.25, 0.3) is 10.0 Å². The van der Waals surface area contributed by atoms with Crippen molar-refractivity contribution in [2.45, 2.75) is 37.6 Å². The van der Waals surface area contributed by atoms with Crippen LogP contribution < -0.4 is 14.9 Å². The van der Waals surface area contributed by atoms with Crippen LogP contribution >= 0.6 is 0 Å². The molecule has 30 heavy (non-hydrogen) atoms. The predicted molar refractivity (Wildman–Crippen MR) is 110 cm³/mol. The largest absolute Gasteiger partial charge is 0.357 e. The second kappa shape index (κ2) is 8.95. The van der Waals surface area contributed by atoms with Crippen LogP contribution in [0.1, 0.15) is 26.7 Å². The maximum Gasteiger partial charge on any atom is 0.263 e. The summed E-state index contributed by atoms with van der Waals surface area (Å²) in [6, 6.07) is 5.86. The second-order valence-electron chi connectivity index (χ2n) is 7.51. The maximum absolute atomic E-state index is 13.3. The van der Waals surface area contributed by atoms with Crippen molar-refractivity contribution in [1.82, 2.24) is 10.3 Å². The van der Waals surface area contributed by atoms with Crippen molar-refractivity contribution in [3.05, 3.63) is 48.2 Å². The molecule has 3 rings (SSSR count). The minimum Gasteiger partial charge on any atom is -0.357 e. The number of halogens is 2. The summed E-state index contributed by atoms with van der Waals surface area (Å²) in [5, 5.41) is 2.93. The van der Waals surface area contributed by atoms with Gasteiger partial charge in [-0.25, -0.2) is 22.2 Å². The van der Waals surface area contributed by atoms with Gasteiger partial charge in [-0.3, -0.25) is 9.52 Å². The number of amides is 1. The highest BCUT2D eigenvalue weighted by Gasteiger charge is 2.26. The molecule has 1 aromatic carbocycles. The van der Waals surface area contributed by atoms with Crippen molar-refractivity contribution in [1.29, 1.82) is 0 Å². The molecule has 162 valence electrons. The van der Waals surface area contributed by atoms with Crippen LogP contribution in [0.15, 0.2) is 41.4 Å². The fourth-order valence-electron chi connectivity index (χ4n) is 3.27. The fourth-order valence-corrected chi connectivity index (χ4v) is 4.26. The van der Waals surface area contributed by atoms with E-state index in [0.29, 0.717) is 31.7 Å². The lowest BCUT2D eigenvalue weighted by atomic mass is 9.95. The summed E-state index contributed by atoms with van der Waals surface area (Å²) < 4.78 is 53.4. The lowest BCUT2D eigenvalue weighted by Crippen LogP contribution is -2.42. The first kappa shape index (κ1) is 21.9. The molecule has 2 heterocycles. The Hall–Kier alpha value is -2.75. The first-order chi connectivity index (χ1) is 14.2. The van der Waals surface area contributed by atoms with Gasteiger partial charge in [0.15, 0.2) is 11.6 Å². The van der Waals surface area contributed by atoms with Crippen LogP contribution in [0.4, 0.5) is 20.3 Å². The van der Waals surface area contributed by atoms with Crippen LogP contribution in [0.5, 0.6) is 0 Å². The number of carbonyl (C=O) groups is 1. The van der Waals surface area contributed by atoms with Crippen LogP contribution in [0.2, 0.25) is 0 Å². The molecule has 0 bridgehead atoms. The topological polar surface area (TPSA) is 91.4 Å². The molecule has 1 aliphatic rings. The number of piperidine rings is 1. The smallest absolute Gasteiger partial charge is 0.263 e. The summed E-state index contributed by atoms with van der Waals surface area (Å²) in [5.41, 5.74) is -0.0836. The first-order valence-corrected chi connectivity index (χ1v) is 11.1. The monoisotopic (exact) mass is 438 g/mol. The van der Waals surface area contributed by atoms with Gasteiger partial charge in [0.05, 0.1) is 5.69 Å². The van der Waals surface area contributed by atoms with Gasteiger partial charge < -0.3 is 10.2 Å². The van der Waals surface area contributed by atoms with Gasteiger partial charge in [-0.15, -0.1) is 0 Å². The van der Waals surface area contributed by atoms with E-state index in [0.717, 1.165) is 18.2 Å². The molecule has 10 heteroatoms. The van der Waals surface area contributed by atoms with Crippen LogP contribution in [0.25, 0.3) is 0 Å². The molecule has 1 fully saturated rings. The standard InChI is InChI=1S/C20H24F2N4O3S/c1-13(2)24-20(27)14-7-9-26(10-8-14)19-6-4-16(12-23-19)30(28,29)25-15-3-5-17(21)18(22)11-15/h3-6,11-14,25H,7-10H2,1-2H3,(H,24,27). The zero-order valence-corrected chi connectivity index (χ0v) is 17.5. The molecule has 2 N–H and O–H groups in total. The van der Waals surface area contributed by atoms with E-state index in [1.807, 2.05) is 18.7 Å².